The molecule has 0 saturated heterocycles. The number of aromatic carboxylic acids is 1. The van der Waals surface area contributed by atoms with Crippen LogP contribution in [0.15, 0.2) is 24.3 Å². The van der Waals surface area contributed by atoms with Crippen LogP contribution in [0.2, 0.25) is 0 Å². The fourth-order valence-electron chi connectivity index (χ4n) is 2.18. The van der Waals surface area contributed by atoms with Crippen LogP contribution in [-0.4, -0.2) is 28.8 Å². The Hall–Kier alpha value is -1.43. The maximum absolute atomic E-state index is 11.3. The zero-order chi connectivity index (χ0) is 14.5. The van der Waals surface area contributed by atoms with E-state index in [-0.39, 0.29) is 6.10 Å². The van der Waals surface area contributed by atoms with E-state index in [1.165, 1.54) is 11.3 Å². The van der Waals surface area contributed by atoms with Gasteiger partial charge >= 0.3 is 5.97 Å². The van der Waals surface area contributed by atoms with Crippen LogP contribution in [0.5, 0.6) is 0 Å². The quantitative estimate of drug-likeness (QED) is 0.687. The van der Waals surface area contributed by atoms with E-state index in [9.17, 15) is 15.0 Å². The van der Waals surface area contributed by atoms with Gasteiger partial charge in [0, 0.05) is 11.2 Å². The lowest BCUT2D eigenvalue weighted by Crippen LogP contribution is -2.17. The molecular weight excluding hydrogens is 274 g/mol. The first-order valence-electron chi connectivity index (χ1n) is 6.72. The summed E-state index contributed by atoms with van der Waals surface area (Å²) < 4.78 is 1.01. The van der Waals surface area contributed by atoms with E-state index in [4.69, 9.17) is 0 Å². The summed E-state index contributed by atoms with van der Waals surface area (Å²) in [5, 5.41) is 22.8. The predicted molar refractivity (Wildman–Crippen MR) is 81.4 cm³/mol. The minimum Gasteiger partial charge on any atom is -0.477 e. The van der Waals surface area contributed by atoms with Gasteiger partial charge in [0.2, 0.25) is 0 Å². The number of rotatable bonds is 7. The highest BCUT2D eigenvalue weighted by molar-refractivity contribution is 7.21. The van der Waals surface area contributed by atoms with Crippen molar-refractivity contribution < 1.29 is 15.0 Å². The Morgan fingerprint density at radius 3 is 2.85 bits per heavy atom. The molecule has 0 aliphatic heterocycles. The van der Waals surface area contributed by atoms with Crippen LogP contribution in [-0.2, 0) is 6.54 Å². The molecule has 0 saturated carbocycles. The number of carbonyl (C=O) groups is 1. The highest BCUT2D eigenvalue weighted by Gasteiger charge is 2.16. The van der Waals surface area contributed by atoms with Crippen LogP contribution < -0.4 is 5.32 Å². The Bertz CT molecular complexity index is 592. The molecule has 1 heterocycles. The second-order valence-corrected chi connectivity index (χ2v) is 5.93. The minimum absolute atomic E-state index is 0.284. The Balaban J connectivity index is 2.08. The van der Waals surface area contributed by atoms with E-state index < -0.39 is 5.97 Å². The van der Waals surface area contributed by atoms with Crippen molar-refractivity contribution in [3.63, 3.8) is 0 Å². The standard InChI is InChI=1S/C15H19NO3S/c1-10(17)5-4-8-16-9-12-11-6-2-3-7-13(11)20-14(12)15(18)19/h2-3,6-7,10,16-17H,4-5,8-9H2,1H3,(H,18,19). The monoisotopic (exact) mass is 293 g/mol. The molecule has 0 bridgehead atoms. The summed E-state index contributed by atoms with van der Waals surface area (Å²) in [4.78, 5) is 11.7. The van der Waals surface area contributed by atoms with Crippen LogP contribution in [0.25, 0.3) is 10.1 Å². The normalized spacial score (nSPS) is 12.7. The number of thiophene rings is 1. The van der Waals surface area contributed by atoms with Gasteiger partial charge < -0.3 is 15.5 Å². The smallest absolute Gasteiger partial charge is 0.346 e. The molecule has 0 amide bonds. The fourth-order valence-corrected chi connectivity index (χ4v) is 3.24. The first-order chi connectivity index (χ1) is 9.59. The van der Waals surface area contributed by atoms with Gasteiger partial charge in [-0.15, -0.1) is 11.3 Å². The van der Waals surface area contributed by atoms with Crippen LogP contribution in [0, 0.1) is 0 Å². The van der Waals surface area contributed by atoms with Crippen LogP contribution in [0.1, 0.15) is 35.0 Å². The lowest BCUT2D eigenvalue weighted by molar-refractivity contribution is 0.0701. The lowest BCUT2D eigenvalue weighted by atomic mass is 10.1. The predicted octanol–water partition coefficient (Wildman–Crippen LogP) is 2.85. The summed E-state index contributed by atoms with van der Waals surface area (Å²) in [6, 6.07) is 7.76. The van der Waals surface area contributed by atoms with Crippen molar-refractivity contribution in [2.45, 2.75) is 32.4 Å². The number of carboxylic acid groups (broad SMARTS) is 1. The number of hydrogen-bond acceptors (Lipinski definition) is 4. The fraction of sp³-hybridized carbons (Fsp3) is 0.400. The van der Waals surface area contributed by atoms with E-state index in [0.717, 1.165) is 35.0 Å². The number of nitrogens with one attached hydrogen (secondary N) is 1. The summed E-state index contributed by atoms with van der Waals surface area (Å²) >= 11 is 1.32. The Morgan fingerprint density at radius 1 is 1.40 bits per heavy atom. The molecule has 2 rings (SSSR count). The molecule has 0 spiro atoms. The third-order valence-corrected chi connectivity index (χ3v) is 4.37. The summed E-state index contributed by atoms with van der Waals surface area (Å²) in [6.45, 7) is 3.09. The molecule has 1 aromatic heterocycles. The molecule has 0 aliphatic rings. The second kappa shape index (κ2) is 6.83. The van der Waals surface area contributed by atoms with E-state index in [1.54, 1.807) is 6.92 Å². The number of benzene rings is 1. The highest BCUT2D eigenvalue weighted by atomic mass is 32.1. The Labute approximate surface area is 122 Å². The van der Waals surface area contributed by atoms with Gasteiger partial charge in [-0.25, -0.2) is 4.79 Å². The van der Waals surface area contributed by atoms with Gasteiger partial charge in [-0.05, 0) is 43.3 Å². The van der Waals surface area contributed by atoms with Gasteiger partial charge in [-0.3, -0.25) is 0 Å². The number of aliphatic hydroxyl groups is 1. The van der Waals surface area contributed by atoms with Crippen LogP contribution in [0.4, 0.5) is 0 Å². The molecule has 5 heteroatoms. The third kappa shape index (κ3) is 3.56. The number of fused-ring (bicyclic) bond motifs is 1. The third-order valence-electron chi connectivity index (χ3n) is 3.17. The molecular formula is C15H19NO3S. The summed E-state index contributed by atoms with van der Waals surface area (Å²) in [5.41, 5.74) is 0.857. The van der Waals surface area contributed by atoms with Gasteiger partial charge in [-0.1, -0.05) is 18.2 Å². The summed E-state index contributed by atoms with van der Waals surface area (Å²) in [7, 11) is 0. The van der Waals surface area contributed by atoms with Gasteiger partial charge in [0.25, 0.3) is 0 Å². The van der Waals surface area contributed by atoms with Crippen molar-refractivity contribution in [1.29, 1.82) is 0 Å². The first kappa shape index (κ1) is 15.0. The first-order valence-corrected chi connectivity index (χ1v) is 7.53. The van der Waals surface area contributed by atoms with Crippen molar-refractivity contribution in [2.75, 3.05) is 6.54 Å². The minimum atomic E-state index is -0.869. The average Bonchev–Trinajstić information content (AvgIpc) is 2.77. The van der Waals surface area contributed by atoms with E-state index in [2.05, 4.69) is 5.32 Å². The van der Waals surface area contributed by atoms with Gasteiger partial charge in [-0.2, -0.15) is 0 Å². The number of carboxylic acids is 1. The molecule has 3 N–H and O–H groups in total. The zero-order valence-corrected chi connectivity index (χ0v) is 12.2. The van der Waals surface area contributed by atoms with Crippen molar-refractivity contribution in [1.82, 2.24) is 5.32 Å². The van der Waals surface area contributed by atoms with Crippen LogP contribution in [0.3, 0.4) is 0 Å². The molecule has 108 valence electrons. The van der Waals surface area contributed by atoms with Crippen molar-refractivity contribution in [3.8, 4) is 0 Å². The Kier molecular flexibility index (Phi) is 5.11. The molecule has 20 heavy (non-hydrogen) atoms. The van der Waals surface area contributed by atoms with Crippen LogP contribution >= 0.6 is 11.3 Å². The molecule has 0 aliphatic carbocycles. The molecule has 0 fully saturated rings. The average molecular weight is 293 g/mol. The van der Waals surface area contributed by atoms with Crippen molar-refractivity contribution >= 4 is 27.4 Å². The SMILES string of the molecule is CC(O)CCCNCc1c(C(=O)O)sc2ccccc12. The molecule has 1 aromatic carbocycles. The van der Waals surface area contributed by atoms with E-state index in [0.29, 0.717) is 11.4 Å². The molecule has 4 nitrogen and oxygen atoms in total. The Morgan fingerprint density at radius 2 is 2.15 bits per heavy atom. The molecule has 1 atom stereocenters. The largest absolute Gasteiger partial charge is 0.477 e. The summed E-state index contributed by atoms with van der Waals surface area (Å²) in [6.07, 6.45) is 1.35. The molecule has 2 aromatic rings. The zero-order valence-electron chi connectivity index (χ0n) is 11.4. The van der Waals surface area contributed by atoms with Crippen molar-refractivity contribution in [2.24, 2.45) is 0 Å². The number of hydrogen-bond donors (Lipinski definition) is 3. The molecule has 0 radical (unpaired) electrons. The lowest BCUT2D eigenvalue weighted by Gasteiger charge is -2.07. The van der Waals surface area contributed by atoms with E-state index >= 15 is 0 Å². The summed E-state index contributed by atoms with van der Waals surface area (Å²) in [5.74, 6) is -0.869. The van der Waals surface area contributed by atoms with Gasteiger partial charge in [0.05, 0.1) is 6.10 Å². The molecule has 1 unspecified atom stereocenters. The highest BCUT2D eigenvalue weighted by Crippen LogP contribution is 2.31. The number of aliphatic hydroxyl groups excluding tert-OH is 1. The topological polar surface area (TPSA) is 69.6 Å². The van der Waals surface area contributed by atoms with Crippen molar-refractivity contribution in [3.05, 3.63) is 34.7 Å². The van der Waals surface area contributed by atoms with Gasteiger partial charge in [0.1, 0.15) is 4.88 Å². The maximum Gasteiger partial charge on any atom is 0.346 e. The second-order valence-electron chi connectivity index (χ2n) is 4.88. The maximum atomic E-state index is 11.3. The van der Waals surface area contributed by atoms with E-state index in [1.807, 2.05) is 24.3 Å². The van der Waals surface area contributed by atoms with Gasteiger partial charge in [0.15, 0.2) is 0 Å².